The van der Waals surface area contributed by atoms with Crippen LogP contribution in [0, 0.1) is 6.92 Å². The summed E-state index contributed by atoms with van der Waals surface area (Å²) in [6, 6.07) is 7.57. The molecule has 1 aromatic heterocycles. The van der Waals surface area contributed by atoms with E-state index in [1.807, 2.05) is 12.1 Å². The minimum absolute atomic E-state index is 0.0372. The van der Waals surface area contributed by atoms with E-state index in [9.17, 15) is 4.79 Å². The second-order valence-electron chi connectivity index (χ2n) is 5.84. The number of aryl methyl sites for hydroxylation is 1. The summed E-state index contributed by atoms with van der Waals surface area (Å²) in [7, 11) is 0. The molecule has 1 N–H and O–H groups in total. The monoisotopic (exact) mass is 315 g/mol. The van der Waals surface area contributed by atoms with Crippen molar-refractivity contribution in [2.75, 3.05) is 6.61 Å². The number of hydrogen-bond donors (Lipinski definition) is 1. The van der Waals surface area contributed by atoms with E-state index in [1.54, 1.807) is 19.1 Å². The maximum Gasteiger partial charge on any atom is 0.258 e. The molecule has 3 rings (SSSR count). The number of carbonyl (C=O) groups is 1. The van der Waals surface area contributed by atoms with Crippen LogP contribution < -0.4 is 10.1 Å². The van der Waals surface area contributed by atoms with Crippen molar-refractivity contribution < 1.29 is 13.9 Å². The summed E-state index contributed by atoms with van der Waals surface area (Å²) in [5.41, 5.74) is 0.824. The normalized spacial score (nSPS) is 15.3. The Morgan fingerprint density at radius 1 is 1.22 bits per heavy atom. The summed E-state index contributed by atoms with van der Waals surface area (Å²) < 4.78 is 10.9. The van der Waals surface area contributed by atoms with Crippen molar-refractivity contribution in [3.8, 4) is 17.2 Å². The number of nitrogens with zero attached hydrogens (tertiary/aromatic N) is 2. The van der Waals surface area contributed by atoms with Gasteiger partial charge in [-0.3, -0.25) is 4.79 Å². The predicted molar refractivity (Wildman–Crippen MR) is 85.0 cm³/mol. The average molecular weight is 315 g/mol. The molecule has 0 aliphatic heterocycles. The lowest BCUT2D eigenvalue weighted by atomic mass is 9.95. The second kappa shape index (κ2) is 7.26. The molecule has 2 aromatic rings. The molecule has 1 aliphatic carbocycles. The van der Waals surface area contributed by atoms with Crippen LogP contribution in [0.5, 0.6) is 5.75 Å². The average Bonchev–Trinajstić information content (AvgIpc) is 3.01. The lowest BCUT2D eigenvalue weighted by molar-refractivity contribution is -0.124. The van der Waals surface area contributed by atoms with Crippen LogP contribution in [0.15, 0.2) is 28.7 Å². The first-order valence-corrected chi connectivity index (χ1v) is 8.03. The van der Waals surface area contributed by atoms with Crippen molar-refractivity contribution >= 4 is 5.91 Å². The van der Waals surface area contributed by atoms with Crippen LogP contribution in [-0.2, 0) is 4.79 Å². The zero-order valence-electron chi connectivity index (χ0n) is 13.2. The molecule has 1 heterocycles. The first-order valence-electron chi connectivity index (χ1n) is 8.03. The van der Waals surface area contributed by atoms with Crippen molar-refractivity contribution in [2.24, 2.45) is 0 Å². The van der Waals surface area contributed by atoms with Gasteiger partial charge in [0.15, 0.2) is 6.61 Å². The highest BCUT2D eigenvalue weighted by Crippen LogP contribution is 2.21. The third-order valence-corrected chi connectivity index (χ3v) is 3.97. The maximum atomic E-state index is 11.9. The summed E-state index contributed by atoms with van der Waals surface area (Å²) in [6.07, 6.45) is 5.81. The number of nitrogens with one attached hydrogen (secondary N) is 1. The first kappa shape index (κ1) is 15.5. The molecule has 0 atom stereocenters. The number of carbonyl (C=O) groups excluding carboxylic acids is 1. The van der Waals surface area contributed by atoms with Crippen LogP contribution in [-0.4, -0.2) is 28.8 Å². The fourth-order valence-electron chi connectivity index (χ4n) is 2.77. The molecule has 122 valence electrons. The largest absolute Gasteiger partial charge is 0.484 e. The van der Waals surface area contributed by atoms with E-state index in [0.29, 0.717) is 23.6 Å². The number of ether oxygens (including phenoxy) is 1. The van der Waals surface area contributed by atoms with Gasteiger partial charge in [0.1, 0.15) is 5.75 Å². The Balaban J connectivity index is 1.49. The van der Waals surface area contributed by atoms with E-state index in [0.717, 1.165) is 18.4 Å². The summed E-state index contributed by atoms with van der Waals surface area (Å²) in [6.45, 7) is 1.79. The van der Waals surface area contributed by atoms with E-state index in [1.165, 1.54) is 19.3 Å². The zero-order chi connectivity index (χ0) is 16.1. The quantitative estimate of drug-likeness (QED) is 0.918. The number of aromatic nitrogens is 2. The van der Waals surface area contributed by atoms with E-state index >= 15 is 0 Å². The minimum Gasteiger partial charge on any atom is -0.484 e. The van der Waals surface area contributed by atoms with Crippen LogP contribution in [0.2, 0.25) is 0 Å². The van der Waals surface area contributed by atoms with Gasteiger partial charge >= 0.3 is 0 Å². The van der Waals surface area contributed by atoms with Gasteiger partial charge in [-0.05, 0) is 37.1 Å². The Labute approximate surface area is 135 Å². The molecule has 0 radical (unpaired) electrons. The Morgan fingerprint density at radius 3 is 2.61 bits per heavy atom. The molecule has 0 spiro atoms. The Hall–Kier alpha value is -2.37. The van der Waals surface area contributed by atoms with E-state index in [2.05, 4.69) is 15.5 Å². The fourth-order valence-corrected chi connectivity index (χ4v) is 2.77. The predicted octanol–water partition coefficient (Wildman–Crippen LogP) is 2.87. The topological polar surface area (TPSA) is 77.2 Å². The number of hydrogen-bond acceptors (Lipinski definition) is 5. The smallest absolute Gasteiger partial charge is 0.258 e. The highest BCUT2D eigenvalue weighted by atomic mass is 16.5. The van der Waals surface area contributed by atoms with E-state index < -0.39 is 0 Å². The fraction of sp³-hybridized carbons (Fsp3) is 0.471. The van der Waals surface area contributed by atoms with Crippen molar-refractivity contribution in [2.45, 2.75) is 45.1 Å². The molecular weight excluding hydrogens is 294 g/mol. The third kappa shape index (κ3) is 4.31. The van der Waals surface area contributed by atoms with Gasteiger partial charge in [-0.15, -0.1) is 10.2 Å². The summed E-state index contributed by atoms with van der Waals surface area (Å²) in [5.74, 6) is 1.58. The van der Waals surface area contributed by atoms with Crippen molar-refractivity contribution in [3.05, 3.63) is 30.2 Å². The molecule has 1 aromatic carbocycles. The van der Waals surface area contributed by atoms with Gasteiger partial charge in [-0.1, -0.05) is 19.3 Å². The van der Waals surface area contributed by atoms with Gasteiger partial charge in [0.05, 0.1) is 0 Å². The van der Waals surface area contributed by atoms with Crippen LogP contribution >= 0.6 is 0 Å². The molecule has 6 nitrogen and oxygen atoms in total. The molecule has 0 bridgehead atoms. The molecule has 23 heavy (non-hydrogen) atoms. The molecule has 1 amide bonds. The van der Waals surface area contributed by atoms with Gasteiger partial charge in [0, 0.05) is 18.5 Å². The van der Waals surface area contributed by atoms with Gasteiger partial charge in [-0.2, -0.15) is 0 Å². The molecule has 1 fully saturated rings. The second-order valence-corrected chi connectivity index (χ2v) is 5.84. The van der Waals surface area contributed by atoms with E-state index in [4.69, 9.17) is 9.15 Å². The maximum absolute atomic E-state index is 11.9. The van der Waals surface area contributed by atoms with Gasteiger partial charge in [-0.25, -0.2) is 0 Å². The van der Waals surface area contributed by atoms with Crippen molar-refractivity contribution in [1.29, 1.82) is 0 Å². The number of amides is 1. The molecule has 1 saturated carbocycles. The van der Waals surface area contributed by atoms with E-state index in [-0.39, 0.29) is 12.5 Å². The Kier molecular flexibility index (Phi) is 4.90. The summed E-state index contributed by atoms with van der Waals surface area (Å²) in [5, 5.41) is 10.8. The lowest BCUT2D eigenvalue weighted by Crippen LogP contribution is -2.38. The summed E-state index contributed by atoms with van der Waals surface area (Å²) in [4.78, 5) is 11.9. The number of rotatable bonds is 5. The standard InChI is InChI=1S/C17H21N3O3/c1-12-19-20-17(23-12)13-7-9-15(10-8-13)22-11-16(21)18-14-5-3-2-4-6-14/h7-10,14H,2-6,11H2,1H3,(H,18,21). The Bertz CT molecular complexity index is 645. The third-order valence-electron chi connectivity index (χ3n) is 3.97. The Morgan fingerprint density at radius 2 is 1.96 bits per heavy atom. The van der Waals surface area contributed by atoms with Crippen LogP contribution in [0.1, 0.15) is 38.0 Å². The van der Waals surface area contributed by atoms with Gasteiger partial charge < -0.3 is 14.5 Å². The van der Waals surface area contributed by atoms with Gasteiger partial charge in [0.25, 0.3) is 5.91 Å². The summed E-state index contributed by atoms with van der Waals surface area (Å²) >= 11 is 0. The van der Waals surface area contributed by atoms with Crippen molar-refractivity contribution in [3.63, 3.8) is 0 Å². The SMILES string of the molecule is Cc1nnc(-c2ccc(OCC(=O)NC3CCCCC3)cc2)o1. The molecule has 1 aliphatic rings. The zero-order valence-corrected chi connectivity index (χ0v) is 13.2. The first-order chi connectivity index (χ1) is 11.2. The molecule has 6 heteroatoms. The molecule has 0 saturated heterocycles. The minimum atomic E-state index is -0.0616. The van der Waals surface area contributed by atoms with Crippen LogP contribution in [0.4, 0.5) is 0 Å². The van der Waals surface area contributed by atoms with Crippen molar-refractivity contribution in [1.82, 2.24) is 15.5 Å². The lowest BCUT2D eigenvalue weighted by Gasteiger charge is -2.22. The van der Waals surface area contributed by atoms with Crippen LogP contribution in [0.25, 0.3) is 11.5 Å². The molecular formula is C17H21N3O3. The highest BCUT2D eigenvalue weighted by Gasteiger charge is 2.15. The number of benzene rings is 1. The highest BCUT2D eigenvalue weighted by molar-refractivity contribution is 5.77. The van der Waals surface area contributed by atoms with Gasteiger partial charge in [0.2, 0.25) is 11.8 Å². The molecule has 0 unspecified atom stereocenters. The van der Waals surface area contributed by atoms with Crippen LogP contribution in [0.3, 0.4) is 0 Å².